The fraction of sp³-hybridized carbons (Fsp3) is 0.211. The van der Waals surface area contributed by atoms with E-state index in [9.17, 15) is 10.2 Å². The molecule has 2 N–H and O–H groups in total. The molecule has 9 rings (SSSR count). The van der Waals surface area contributed by atoms with Gasteiger partial charge in [-0.3, -0.25) is 0 Å². The first-order chi connectivity index (χ1) is 28.9. The van der Waals surface area contributed by atoms with E-state index in [0.717, 1.165) is 16.7 Å². The van der Waals surface area contributed by atoms with Gasteiger partial charge in [-0.15, -0.1) is 69.1 Å². The van der Waals surface area contributed by atoms with Gasteiger partial charge in [0.2, 0.25) is 0 Å². The predicted octanol–water partition coefficient (Wildman–Crippen LogP) is 15.5. The van der Waals surface area contributed by atoms with Gasteiger partial charge in [0.05, 0.1) is 0 Å². The van der Waals surface area contributed by atoms with Gasteiger partial charge in [-0.1, -0.05) is 179 Å². The van der Waals surface area contributed by atoms with E-state index in [4.69, 9.17) is 0 Å². The second-order valence-corrected chi connectivity index (χ2v) is 17.7. The van der Waals surface area contributed by atoms with Crippen molar-refractivity contribution in [3.63, 3.8) is 0 Å². The average molecular weight is 897 g/mol. The molecule has 0 aliphatic heterocycles. The van der Waals surface area contributed by atoms with Gasteiger partial charge in [-0.2, -0.15) is 36.8 Å². The Morgan fingerprint density at radius 2 is 0.787 bits per heavy atom. The van der Waals surface area contributed by atoms with Crippen LogP contribution in [-0.4, -0.2) is 17.1 Å². The maximum atomic E-state index is 9.57. The van der Waals surface area contributed by atoms with Crippen molar-refractivity contribution in [1.29, 1.82) is 0 Å². The Kier molecular flexibility index (Phi) is 17.6. The van der Waals surface area contributed by atoms with Crippen LogP contribution >= 0.6 is 0 Å². The number of aromatic hydroxyl groups is 2. The Bertz CT molecular complexity index is 2600. The number of aryl methyl sites for hydroxylation is 4. The van der Waals surface area contributed by atoms with E-state index >= 15 is 0 Å². The molecule has 0 aromatic heterocycles. The number of hydrogen-bond donors (Lipinski definition) is 2. The third-order valence-corrected chi connectivity index (χ3v) is 10.3. The van der Waals surface area contributed by atoms with Crippen LogP contribution in [0.25, 0.3) is 43.1 Å². The Labute approximate surface area is 382 Å². The maximum absolute atomic E-state index is 9.57. The summed E-state index contributed by atoms with van der Waals surface area (Å²) in [5.74, 6) is 0.793. The molecule has 0 heterocycles. The second kappa shape index (κ2) is 22.1. The molecule has 2 radical (unpaired) electrons. The van der Waals surface area contributed by atoms with E-state index in [-0.39, 0.29) is 10.8 Å². The molecule has 0 amide bonds. The van der Waals surface area contributed by atoms with Crippen LogP contribution in [0.1, 0.15) is 80.5 Å². The van der Waals surface area contributed by atoms with Gasteiger partial charge in [0.1, 0.15) is 11.5 Å². The zero-order chi connectivity index (χ0) is 44.9. The van der Waals surface area contributed by atoms with Crippen LogP contribution in [0.3, 0.4) is 0 Å². The molecule has 0 atom stereocenters. The number of benzene rings is 7. The van der Waals surface area contributed by atoms with Crippen molar-refractivity contribution in [2.45, 2.75) is 80.1 Å². The fourth-order valence-electron chi connectivity index (χ4n) is 7.21. The van der Waals surface area contributed by atoms with Crippen molar-refractivity contribution in [3.8, 4) is 11.5 Å². The van der Waals surface area contributed by atoms with Crippen LogP contribution in [0, 0.1) is 34.6 Å². The van der Waals surface area contributed by atoms with Crippen molar-refractivity contribution in [2.24, 2.45) is 0 Å². The summed E-state index contributed by atoms with van der Waals surface area (Å²) in [7, 11) is 0. The van der Waals surface area contributed by atoms with Crippen LogP contribution in [-0.2, 0) is 34.2 Å². The molecule has 61 heavy (non-hydrogen) atoms. The molecular formula is C57H61O2SiZr-3. The minimum absolute atomic E-state index is 0.0239. The Balaban J connectivity index is 0.000000169. The van der Waals surface area contributed by atoms with E-state index < -0.39 is 0 Å². The molecule has 0 aliphatic rings. The number of phenols is 2. The minimum atomic E-state index is 0.0239. The van der Waals surface area contributed by atoms with E-state index in [1.807, 2.05) is 68.4 Å². The summed E-state index contributed by atoms with van der Waals surface area (Å²) in [6.45, 7) is 27.7. The fourth-order valence-corrected chi connectivity index (χ4v) is 7.21. The number of fused-ring (bicyclic) bond motifs is 6. The molecule has 2 nitrogen and oxygen atoms in total. The zero-order valence-corrected chi connectivity index (χ0v) is 41.1. The Morgan fingerprint density at radius 3 is 1.11 bits per heavy atom. The van der Waals surface area contributed by atoms with Crippen molar-refractivity contribution in [1.82, 2.24) is 0 Å². The van der Waals surface area contributed by atoms with Crippen molar-refractivity contribution in [2.75, 3.05) is 0 Å². The predicted molar refractivity (Wildman–Crippen MR) is 263 cm³/mol. The summed E-state index contributed by atoms with van der Waals surface area (Å²) in [5.41, 5.74) is 8.22. The summed E-state index contributed by atoms with van der Waals surface area (Å²) >= 11 is 1.36. The SMILES string of the molecule is Cc1cc2ccc3ccccc3c2[cH-]1.Cc1cc2ccc3ccccc3c2[cH-]1.Cc1ccc(O)c(C(C)(C)C)c1.Cc1ccc(O)c(C(C)(C)C)c1.[CH2-]c1ccccc1.[Si]=[Zr]. The average Bonchev–Trinajstić information content (AvgIpc) is 3.82. The quantitative estimate of drug-likeness (QED) is 0.118. The molecule has 0 unspecified atom stereocenters. The third-order valence-electron chi connectivity index (χ3n) is 10.3. The van der Waals surface area contributed by atoms with Gasteiger partial charge in [0.15, 0.2) is 0 Å². The number of hydrogen-bond acceptors (Lipinski definition) is 2. The van der Waals surface area contributed by atoms with Gasteiger partial charge in [0.25, 0.3) is 0 Å². The van der Waals surface area contributed by atoms with Crippen LogP contribution < -0.4 is 0 Å². The summed E-state index contributed by atoms with van der Waals surface area (Å²) in [6.07, 6.45) is 0. The molecule has 0 spiro atoms. The number of phenolic OH excluding ortho intramolecular Hbond substituents is 2. The van der Waals surface area contributed by atoms with Gasteiger partial charge >= 0.3 is 30.2 Å². The normalized spacial score (nSPS) is 10.8. The van der Waals surface area contributed by atoms with E-state index in [2.05, 4.69) is 166 Å². The summed E-state index contributed by atoms with van der Waals surface area (Å²) in [4.78, 5) is 0. The molecule has 0 saturated heterocycles. The molecule has 0 aliphatic carbocycles. The molecule has 4 heteroatoms. The van der Waals surface area contributed by atoms with Gasteiger partial charge < -0.3 is 10.2 Å². The summed E-state index contributed by atoms with van der Waals surface area (Å²) < 4.78 is 0. The second-order valence-electron chi connectivity index (χ2n) is 17.7. The first kappa shape index (κ1) is 48.5. The van der Waals surface area contributed by atoms with Crippen molar-refractivity contribution >= 4 is 50.0 Å². The van der Waals surface area contributed by atoms with E-state index in [1.165, 1.54) is 88.7 Å². The molecular weight excluding hydrogens is 836 g/mol. The van der Waals surface area contributed by atoms with Crippen molar-refractivity contribution in [3.05, 3.63) is 210 Å². The van der Waals surface area contributed by atoms with Gasteiger partial charge in [-0.25, -0.2) is 0 Å². The molecule has 9 aromatic rings. The standard InChI is InChI=1S/2C14H11.2C11H16O.C7H7.Si.Zr/c2*1-10-8-12-7-6-11-4-2-3-5-13(11)14(12)9-10;2*1-8-5-6-10(12)9(7-8)11(2,3)4;1-7-5-3-2-4-6-7;;/h2*2-9H,1H3;2*5-7,12H,1-4H3;2-6H,1H2;;/q2*-1;;;-1;;. The molecule has 9 aromatic carbocycles. The van der Waals surface area contributed by atoms with E-state index in [0.29, 0.717) is 11.5 Å². The topological polar surface area (TPSA) is 40.5 Å². The van der Waals surface area contributed by atoms with E-state index in [1.54, 1.807) is 12.1 Å². The third kappa shape index (κ3) is 13.9. The van der Waals surface area contributed by atoms with Crippen LogP contribution in [0.15, 0.2) is 164 Å². The Morgan fingerprint density at radius 1 is 0.443 bits per heavy atom. The molecule has 0 bridgehead atoms. The van der Waals surface area contributed by atoms with Crippen LogP contribution in [0.5, 0.6) is 11.5 Å². The molecule has 0 fully saturated rings. The molecule has 0 saturated carbocycles. The summed E-state index contributed by atoms with van der Waals surface area (Å²) in [5, 5.41) is 30.0. The van der Waals surface area contributed by atoms with Crippen LogP contribution in [0.2, 0.25) is 0 Å². The zero-order valence-electron chi connectivity index (χ0n) is 37.7. The van der Waals surface area contributed by atoms with Gasteiger partial charge in [-0.05, 0) is 47.9 Å². The van der Waals surface area contributed by atoms with Crippen molar-refractivity contribution < 1.29 is 33.5 Å². The molecule has 312 valence electrons. The van der Waals surface area contributed by atoms with Gasteiger partial charge in [0, 0.05) is 0 Å². The summed E-state index contributed by atoms with van der Waals surface area (Å²) in [6, 6.07) is 56.2. The Hall–Kier alpha value is -5.15. The first-order valence-electron chi connectivity index (χ1n) is 20.7. The van der Waals surface area contributed by atoms with Crippen LogP contribution in [0.4, 0.5) is 0 Å². The number of rotatable bonds is 0. The first-order valence-corrected chi connectivity index (χ1v) is 24.9. The monoisotopic (exact) mass is 895 g/mol.